The molecule has 2 aliphatic carbocycles. The standard InChI is InChI=1S/C15H22O3/c1-2-12-13-8-10(5-3-4-6-15(17)18)7-11(13)9-14(12)16/h2,7,11-14,16H,1,3-6,8-9H2,(H,17,18)/t11-,12+,13-,14+/m0/s1. The molecule has 0 spiro atoms. The lowest BCUT2D eigenvalue weighted by molar-refractivity contribution is -0.137. The van der Waals surface area contributed by atoms with Gasteiger partial charge < -0.3 is 10.2 Å². The molecule has 2 rings (SSSR count). The number of carbonyl (C=O) groups is 1. The van der Waals surface area contributed by atoms with Crippen molar-refractivity contribution in [1.29, 1.82) is 0 Å². The molecule has 0 aliphatic heterocycles. The number of unbranched alkanes of at least 4 members (excludes halogenated alkanes) is 1. The molecule has 1 fully saturated rings. The van der Waals surface area contributed by atoms with E-state index in [1.807, 2.05) is 6.08 Å². The first-order chi connectivity index (χ1) is 8.61. The predicted octanol–water partition coefficient (Wildman–Crippen LogP) is 2.76. The van der Waals surface area contributed by atoms with Crippen LogP contribution in [0.1, 0.15) is 38.5 Å². The van der Waals surface area contributed by atoms with Crippen LogP contribution < -0.4 is 0 Å². The Kier molecular flexibility index (Phi) is 4.23. The van der Waals surface area contributed by atoms with Gasteiger partial charge in [0.25, 0.3) is 0 Å². The van der Waals surface area contributed by atoms with E-state index in [4.69, 9.17) is 5.11 Å². The van der Waals surface area contributed by atoms with Crippen molar-refractivity contribution in [2.75, 3.05) is 0 Å². The van der Waals surface area contributed by atoms with Gasteiger partial charge in [-0.25, -0.2) is 0 Å². The number of carboxylic acids is 1. The van der Waals surface area contributed by atoms with Crippen LogP contribution in [0.15, 0.2) is 24.3 Å². The molecule has 2 N–H and O–H groups in total. The van der Waals surface area contributed by atoms with E-state index in [2.05, 4.69) is 12.7 Å². The van der Waals surface area contributed by atoms with Crippen molar-refractivity contribution in [3.05, 3.63) is 24.3 Å². The third kappa shape index (κ3) is 2.83. The van der Waals surface area contributed by atoms with Gasteiger partial charge in [0.15, 0.2) is 0 Å². The van der Waals surface area contributed by atoms with E-state index in [-0.39, 0.29) is 18.4 Å². The maximum atomic E-state index is 10.4. The SMILES string of the molecule is C=C[C@@H]1[C@H]2CC(CCCCC(=O)O)=C[C@H]2C[C@H]1O. The molecule has 0 heterocycles. The highest BCUT2D eigenvalue weighted by molar-refractivity contribution is 5.66. The molecule has 1 saturated carbocycles. The maximum absolute atomic E-state index is 10.4. The van der Waals surface area contributed by atoms with Crippen LogP contribution in [0.25, 0.3) is 0 Å². The molecular formula is C15H22O3. The molecule has 2 aliphatic rings. The summed E-state index contributed by atoms with van der Waals surface area (Å²) in [6.07, 6.45) is 8.92. The molecule has 18 heavy (non-hydrogen) atoms. The van der Waals surface area contributed by atoms with Gasteiger partial charge in [0.2, 0.25) is 0 Å². The summed E-state index contributed by atoms with van der Waals surface area (Å²) in [6, 6.07) is 0. The number of carboxylic acid groups (broad SMARTS) is 1. The van der Waals surface area contributed by atoms with Crippen LogP contribution in [0, 0.1) is 17.8 Å². The van der Waals surface area contributed by atoms with Gasteiger partial charge in [-0.15, -0.1) is 6.58 Å². The zero-order valence-electron chi connectivity index (χ0n) is 10.7. The summed E-state index contributed by atoms with van der Waals surface area (Å²) >= 11 is 0. The number of aliphatic hydroxyl groups is 1. The zero-order chi connectivity index (χ0) is 13.1. The zero-order valence-corrected chi connectivity index (χ0v) is 10.7. The smallest absolute Gasteiger partial charge is 0.303 e. The van der Waals surface area contributed by atoms with Crippen molar-refractivity contribution in [2.24, 2.45) is 17.8 Å². The molecule has 0 aromatic rings. The number of aliphatic hydroxyl groups excluding tert-OH is 1. The number of hydrogen-bond acceptors (Lipinski definition) is 2. The van der Waals surface area contributed by atoms with Gasteiger partial charge in [0.05, 0.1) is 6.10 Å². The minimum absolute atomic E-state index is 0.220. The van der Waals surface area contributed by atoms with Crippen LogP contribution >= 0.6 is 0 Å². The second-order valence-corrected chi connectivity index (χ2v) is 5.57. The largest absolute Gasteiger partial charge is 0.481 e. The van der Waals surface area contributed by atoms with E-state index in [0.29, 0.717) is 11.8 Å². The highest BCUT2D eigenvalue weighted by atomic mass is 16.4. The third-order valence-electron chi connectivity index (χ3n) is 4.36. The summed E-state index contributed by atoms with van der Waals surface area (Å²) in [5.41, 5.74) is 1.45. The minimum atomic E-state index is -0.706. The molecule has 0 aromatic heterocycles. The van der Waals surface area contributed by atoms with Crippen LogP contribution in [0.5, 0.6) is 0 Å². The number of allylic oxidation sites excluding steroid dienone is 2. The van der Waals surface area contributed by atoms with Gasteiger partial charge in [0, 0.05) is 12.3 Å². The Bertz CT molecular complexity index is 359. The van der Waals surface area contributed by atoms with Gasteiger partial charge in [-0.1, -0.05) is 17.7 Å². The van der Waals surface area contributed by atoms with Gasteiger partial charge in [-0.2, -0.15) is 0 Å². The first kappa shape index (κ1) is 13.3. The summed E-state index contributed by atoms with van der Waals surface area (Å²) in [5.74, 6) is 0.578. The monoisotopic (exact) mass is 250 g/mol. The van der Waals surface area contributed by atoms with E-state index in [1.54, 1.807) is 0 Å². The van der Waals surface area contributed by atoms with Crippen molar-refractivity contribution in [3.8, 4) is 0 Å². The average molecular weight is 250 g/mol. The number of rotatable bonds is 6. The fourth-order valence-electron chi connectivity index (χ4n) is 3.48. The first-order valence-corrected chi connectivity index (χ1v) is 6.83. The fourth-order valence-corrected chi connectivity index (χ4v) is 3.48. The second-order valence-electron chi connectivity index (χ2n) is 5.57. The van der Waals surface area contributed by atoms with E-state index >= 15 is 0 Å². The van der Waals surface area contributed by atoms with E-state index in [0.717, 1.165) is 32.1 Å². The van der Waals surface area contributed by atoms with E-state index < -0.39 is 5.97 Å². The lowest BCUT2D eigenvalue weighted by Crippen LogP contribution is -2.16. The molecular weight excluding hydrogens is 228 g/mol. The van der Waals surface area contributed by atoms with Crippen LogP contribution in [-0.4, -0.2) is 22.3 Å². The number of hydrogen-bond donors (Lipinski definition) is 2. The Hall–Kier alpha value is -1.09. The molecule has 0 bridgehead atoms. The molecule has 3 nitrogen and oxygen atoms in total. The van der Waals surface area contributed by atoms with Gasteiger partial charge in [-0.3, -0.25) is 4.79 Å². The number of fused-ring (bicyclic) bond motifs is 1. The Morgan fingerprint density at radius 1 is 1.50 bits per heavy atom. The predicted molar refractivity (Wildman–Crippen MR) is 70.1 cm³/mol. The van der Waals surface area contributed by atoms with Crippen LogP contribution in [0.3, 0.4) is 0 Å². The highest BCUT2D eigenvalue weighted by Gasteiger charge is 2.42. The van der Waals surface area contributed by atoms with Crippen molar-refractivity contribution in [2.45, 2.75) is 44.6 Å². The number of aliphatic carboxylic acids is 1. The molecule has 0 radical (unpaired) electrons. The van der Waals surface area contributed by atoms with Crippen molar-refractivity contribution in [1.82, 2.24) is 0 Å². The third-order valence-corrected chi connectivity index (χ3v) is 4.36. The van der Waals surface area contributed by atoms with E-state index in [9.17, 15) is 9.90 Å². The van der Waals surface area contributed by atoms with Crippen molar-refractivity contribution in [3.63, 3.8) is 0 Å². The van der Waals surface area contributed by atoms with Crippen LogP contribution in [0.2, 0.25) is 0 Å². The van der Waals surface area contributed by atoms with Gasteiger partial charge >= 0.3 is 5.97 Å². The summed E-state index contributed by atoms with van der Waals surface area (Å²) in [4.78, 5) is 10.4. The molecule has 4 atom stereocenters. The van der Waals surface area contributed by atoms with Crippen molar-refractivity contribution >= 4 is 5.97 Å². The first-order valence-electron chi connectivity index (χ1n) is 6.83. The van der Waals surface area contributed by atoms with Crippen LogP contribution in [-0.2, 0) is 4.79 Å². The topological polar surface area (TPSA) is 57.5 Å². The molecule has 3 heteroatoms. The van der Waals surface area contributed by atoms with Gasteiger partial charge in [-0.05, 0) is 43.9 Å². The Balaban J connectivity index is 1.79. The van der Waals surface area contributed by atoms with Crippen LogP contribution in [0.4, 0.5) is 0 Å². The molecule has 0 saturated heterocycles. The molecule has 100 valence electrons. The molecule has 0 unspecified atom stereocenters. The minimum Gasteiger partial charge on any atom is -0.481 e. The second kappa shape index (κ2) is 5.70. The normalized spacial score (nSPS) is 34.2. The Labute approximate surface area is 108 Å². The summed E-state index contributed by atoms with van der Waals surface area (Å²) in [7, 11) is 0. The molecule has 0 amide bonds. The fraction of sp³-hybridized carbons (Fsp3) is 0.667. The quantitative estimate of drug-likeness (QED) is 0.563. The summed E-state index contributed by atoms with van der Waals surface area (Å²) in [6.45, 7) is 3.82. The lowest BCUT2D eigenvalue weighted by atomic mass is 9.89. The summed E-state index contributed by atoms with van der Waals surface area (Å²) < 4.78 is 0. The lowest BCUT2D eigenvalue weighted by Gasteiger charge is -2.17. The van der Waals surface area contributed by atoms with E-state index in [1.165, 1.54) is 5.57 Å². The van der Waals surface area contributed by atoms with Gasteiger partial charge in [0.1, 0.15) is 0 Å². The Morgan fingerprint density at radius 3 is 2.94 bits per heavy atom. The molecule has 0 aromatic carbocycles. The Morgan fingerprint density at radius 2 is 2.28 bits per heavy atom. The highest BCUT2D eigenvalue weighted by Crippen LogP contribution is 2.47. The average Bonchev–Trinajstić information content (AvgIpc) is 2.80. The maximum Gasteiger partial charge on any atom is 0.303 e. The summed E-state index contributed by atoms with van der Waals surface area (Å²) in [5, 5.41) is 18.5. The van der Waals surface area contributed by atoms with Crippen molar-refractivity contribution < 1.29 is 15.0 Å².